The SMILES string of the molecule is CCOCCOCCOCCn1cc(CNC(=O)CC(C)C)nn1. The molecule has 1 aromatic heterocycles. The second kappa shape index (κ2) is 12.9. The van der Waals surface area contributed by atoms with Crippen LogP contribution in [0.5, 0.6) is 0 Å². The van der Waals surface area contributed by atoms with Crippen molar-refractivity contribution in [2.75, 3.05) is 39.6 Å². The molecule has 0 unspecified atom stereocenters. The monoisotopic (exact) mass is 342 g/mol. The van der Waals surface area contributed by atoms with Crippen LogP contribution < -0.4 is 5.32 Å². The molecule has 1 N–H and O–H groups in total. The zero-order valence-electron chi connectivity index (χ0n) is 15.0. The highest BCUT2D eigenvalue weighted by atomic mass is 16.5. The normalized spacial score (nSPS) is 11.2. The second-order valence-corrected chi connectivity index (χ2v) is 5.77. The number of amides is 1. The predicted octanol–water partition coefficient (Wildman–Crippen LogP) is 1.01. The molecule has 0 aliphatic carbocycles. The first-order valence-corrected chi connectivity index (χ1v) is 8.50. The third kappa shape index (κ3) is 10.3. The van der Waals surface area contributed by atoms with Crippen molar-refractivity contribution in [2.45, 2.75) is 40.3 Å². The number of carbonyl (C=O) groups excluding carboxylic acids is 1. The van der Waals surface area contributed by atoms with Crippen LogP contribution >= 0.6 is 0 Å². The predicted molar refractivity (Wildman–Crippen MR) is 89.5 cm³/mol. The molecule has 8 nitrogen and oxygen atoms in total. The molecular weight excluding hydrogens is 312 g/mol. The Kier molecular flexibility index (Phi) is 11.0. The van der Waals surface area contributed by atoms with Crippen LogP contribution in [0, 0.1) is 5.92 Å². The van der Waals surface area contributed by atoms with Crippen LogP contribution in [0.25, 0.3) is 0 Å². The lowest BCUT2D eigenvalue weighted by molar-refractivity contribution is -0.121. The summed E-state index contributed by atoms with van der Waals surface area (Å²) >= 11 is 0. The highest BCUT2D eigenvalue weighted by Crippen LogP contribution is 1.99. The first kappa shape index (κ1) is 20.5. The van der Waals surface area contributed by atoms with E-state index in [9.17, 15) is 4.79 Å². The molecule has 0 radical (unpaired) electrons. The van der Waals surface area contributed by atoms with E-state index < -0.39 is 0 Å². The van der Waals surface area contributed by atoms with Gasteiger partial charge in [-0.15, -0.1) is 5.10 Å². The van der Waals surface area contributed by atoms with E-state index in [1.807, 2.05) is 27.0 Å². The fraction of sp³-hybridized carbons (Fsp3) is 0.812. The molecule has 8 heteroatoms. The molecule has 1 heterocycles. The Morgan fingerprint density at radius 3 is 2.50 bits per heavy atom. The summed E-state index contributed by atoms with van der Waals surface area (Å²) in [6.45, 7) is 10.6. The van der Waals surface area contributed by atoms with Gasteiger partial charge >= 0.3 is 0 Å². The molecular formula is C16H30N4O4. The molecule has 0 aliphatic rings. The van der Waals surface area contributed by atoms with Gasteiger partial charge in [-0.25, -0.2) is 4.68 Å². The van der Waals surface area contributed by atoms with Crippen LogP contribution in [-0.2, 0) is 32.1 Å². The maximum atomic E-state index is 11.6. The number of rotatable bonds is 14. The molecule has 0 saturated carbocycles. The van der Waals surface area contributed by atoms with Crippen LogP contribution in [0.1, 0.15) is 32.9 Å². The van der Waals surface area contributed by atoms with Gasteiger partial charge in [-0.3, -0.25) is 4.79 Å². The smallest absolute Gasteiger partial charge is 0.220 e. The van der Waals surface area contributed by atoms with Gasteiger partial charge in [0.2, 0.25) is 5.91 Å². The van der Waals surface area contributed by atoms with Crippen molar-refractivity contribution in [3.8, 4) is 0 Å². The summed E-state index contributed by atoms with van der Waals surface area (Å²) in [6, 6.07) is 0. The van der Waals surface area contributed by atoms with Gasteiger partial charge in [-0.05, 0) is 12.8 Å². The van der Waals surface area contributed by atoms with Crippen LogP contribution in [0.15, 0.2) is 6.20 Å². The molecule has 1 aromatic rings. The standard InChI is InChI=1S/C16H30N4O4/c1-4-22-7-8-24-10-9-23-6-5-20-13-15(18-19-20)12-17-16(21)11-14(2)3/h13-14H,4-12H2,1-3H3,(H,17,21). The number of nitrogens with zero attached hydrogens (tertiary/aromatic N) is 3. The third-order valence-electron chi connectivity index (χ3n) is 3.06. The van der Waals surface area contributed by atoms with Crippen molar-refractivity contribution in [1.29, 1.82) is 0 Å². The van der Waals surface area contributed by atoms with Crippen molar-refractivity contribution >= 4 is 5.91 Å². The molecule has 24 heavy (non-hydrogen) atoms. The molecule has 0 fully saturated rings. The number of aromatic nitrogens is 3. The summed E-state index contributed by atoms with van der Waals surface area (Å²) in [4.78, 5) is 11.6. The Morgan fingerprint density at radius 2 is 1.83 bits per heavy atom. The Morgan fingerprint density at radius 1 is 1.17 bits per heavy atom. The van der Waals surface area contributed by atoms with E-state index in [-0.39, 0.29) is 5.91 Å². The summed E-state index contributed by atoms with van der Waals surface area (Å²) in [6.07, 6.45) is 2.34. The minimum atomic E-state index is 0.0345. The van der Waals surface area contributed by atoms with E-state index in [1.54, 1.807) is 4.68 Å². The third-order valence-corrected chi connectivity index (χ3v) is 3.06. The minimum absolute atomic E-state index is 0.0345. The summed E-state index contributed by atoms with van der Waals surface area (Å²) < 4.78 is 17.7. The van der Waals surface area contributed by atoms with Crippen molar-refractivity contribution in [2.24, 2.45) is 5.92 Å². The maximum absolute atomic E-state index is 11.6. The molecule has 1 rings (SSSR count). The van der Waals surface area contributed by atoms with Gasteiger partial charge in [0, 0.05) is 13.0 Å². The number of carbonyl (C=O) groups is 1. The van der Waals surface area contributed by atoms with Crippen LogP contribution in [0.2, 0.25) is 0 Å². The first-order valence-electron chi connectivity index (χ1n) is 8.50. The number of nitrogens with one attached hydrogen (secondary N) is 1. The lowest BCUT2D eigenvalue weighted by Crippen LogP contribution is -2.24. The van der Waals surface area contributed by atoms with Gasteiger partial charge in [0.25, 0.3) is 0 Å². The average Bonchev–Trinajstić information content (AvgIpc) is 2.98. The van der Waals surface area contributed by atoms with Crippen molar-refractivity contribution in [1.82, 2.24) is 20.3 Å². The van der Waals surface area contributed by atoms with E-state index in [0.717, 1.165) is 5.69 Å². The van der Waals surface area contributed by atoms with Crippen molar-refractivity contribution in [3.63, 3.8) is 0 Å². The quantitative estimate of drug-likeness (QED) is 0.508. The molecule has 0 aromatic carbocycles. The van der Waals surface area contributed by atoms with Gasteiger partial charge in [0.1, 0.15) is 5.69 Å². The zero-order chi connectivity index (χ0) is 17.6. The van der Waals surface area contributed by atoms with Gasteiger partial charge < -0.3 is 19.5 Å². The minimum Gasteiger partial charge on any atom is -0.379 e. The lowest BCUT2D eigenvalue weighted by atomic mass is 10.1. The van der Waals surface area contributed by atoms with E-state index in [0.29, 0.717) is 65.1 Å². The Bertz CT molecular complexity index is 451. The average molecular weight is 342 g/mol. The zero-order valence-corrected chi connectivity index (χ0v) is 15.0. The maximum Gasteiger partial charge on any atom is 0.220 e. The van der Waals surface area contributed by atoms with E-state index >= 15 is 0 Å². The Hall–Kier alpha value is -1.51. The number of ether oxygens (including phenoxy) is 3. The van der Waals surface area contributed by atoms with E-state index in [1.165, 1.54) is 0 Å². The van der Waals surface area contributed by atoms with Gasteiger partial charge in [-0.1, -0.05) is 19.1 Å². The van der Waals surface area contributed by atoms with Gasteiger partial charge in [0.15, 0.2) is 0 Å². The summed E-state index contributed by atoms with van der Waals surface area (Å²) in [5.74, 6) is 0.383. The molecule has 1 amide bonds. The molecule has 0 spiro atoms. The van der Waals surface area contributed by atoms with Gasteiger partial charge in [-0.2, -0.15) is 0 Å². The van der Waals surface area contributed by atoms with Crippen molar-refractivity contribution in [3.05, 3.63) is 11.9 Å². The highest BCUT2D eigenvalue weighted by molar-refractivity contribution is 5.75. The molecule has 0 aliphatic heterocycles. The Balaban J connectivity index is 2.04. The molecule has 0 saturated heterocycles. The number of hydrogen-bond acceptors (Lipinski definition) is 6. The van der Waals surface area contributed by atoms with E-state index in [2.05, 4.69) is 15.6 Å². The highest BCUT2D eigenvalue weighted by Gasteiger charge is 2.06. The summed E-state index contributed by atoms with van der Waals surface area (Å²) in [5.41, 5.74) is 0.742. The van der Waals surface area contributed by atoms with Crippen molar-refractivity contribution < 1.29 is 19.0 Å². The Labute approximate surface area is 143 Å². The fourth-order valence-corrected chi connectivity index (χ4v) is 1.90. The molecule has 0 atom stereocenters. The summed E-state index contributed by atoms with van der Waals surface area (Å²) in [7, 11) is 0. The van der Waals surface area contributed by atoms with Crippen LogP contribution in [0.4, 0.5) is 0 Å². The van der Waals surface area contributed by atoms with E-state index in [4.69, 9.17) is 14.2 Å². The topological polar surface area (TPSA) is 87.5 Å². The second-order valence-electron chi connectivity index (χ2n) is 5.77. The molecule has 0 bridgehead atoms. The number of hydrogen-bond donors (Lipinski definition) is 1. The fourth-order valence-electron chi connectivity index (χ4n) is 1.90. The first-order chi connectivity index (χ1) is 11.6. The van der Waals surface area contributed by atoms with Gasteiger partial charge in [0.05, 0.1) is 52.3 Å². The molecule has 138 valence electrons. The van der Waals surface area contributed by atoms with Crippen LogP contribution in [-0.4, -0.2) is 60.5 Å². The van der Waals surface area contributed by atoms with Crippen LogP contribution in [0.3, 0.4) is 0 Å². The lowest BCUT2D eigenvalue weighted by Gasteiger charge is -2.06. The summed E-state index contributed by atoms with van der Waals surface area (Å²) in [5, 5.41) is 10.9. The largest absolute Gasteiger partial charge is 0.379 e.